The lowest BCUT2D eigenvalue weighted by Gasteiger charge is -2.36. The number of aromatic amines is 1. The molecule has 2 heterocycles. The van der Waals surface area contributed by atoms with Crippen LogP contribution in [0.15, 0.2) is 72.9 Å². The van der Waals surface area contributed by atoms with Gasteiger partial charge in [-0.05, 0) is 29.8 Å². The number of fused-ring (bicyclic) bond motifs is 1. The van der Waals surface area contributed by atoms with Gasteiger partial charge in [0.1, 0.15) is 0 Å². The van der Waals surface area contributed by atoms with Gasteiger partial charge in [-0.3, -0.25) is 14.9 Å². The summed E-state index contributed by atoms with van der Waals surface area (Å²) in [6, 6.07) is 20.4. The highest BCUT2D eigenvalue weighted by Crippen LogP contribution is 2.42. The highest BCUT2D eigenvalue weighted by Gasteiger charge is 2.29. The van der Waals surface area contributed by atoms with Gasteiger partial charge in [0.05, 0.1) is 19.1 Å². The Morgan fingerprint density at radius 3 is 2.37 bits per heavy atom. The lowest BCUT2D eigenvalue weighted by atomic mass is 9.87. The number of aromatic nitrogens is 1. The Balaban J connectivity index is 1.38. The molecule has 0 radical (unpaired) electrons. The minimum atomic E-state index is -0.401. The summed E-state index contributed by atoms with van der Waals surface area (Å²) >= 11 is 0. The zero-order chi connectivity index (χ0) is 26.6. The van der Waals surface area contributed by atoms with E-state index in [1.807, 2.05) is 47.5 Å². The number of carbonyl (C=O) groups excluding carboxylic acids is 1. The molecule has 0 spiro atoms. The van der Waals surface area contributed by atoms with Crippen LogP contribution in [0.2, 0.25) is 0 Å². The third-order valence-corrected chi connectivity index (χ3v) is 7.24. The van der Waals surface area contributed by atoms with Gasteiger partial charge in [0.15, 0.2) is 11.5 Å². The van der Waals surface area contributed by atoms with E-state index in [1.165, 1.54) is 12.1 Å². The zero-order valence-corrected chi connectivity index (χ0v) is 21.4. The van der Waals surface area contributed by atoms with Crippen LogP contribution in [0.4, 0.5) is 11.4 Å². The zero-order valence-electron chi connectivity index (χ0n) is 21.4. The number of piperazine rings is 1. The van der Waals surface area contributed by atoms with Crippen molar-refractivity contribution in [1.82, 2.24) is 9.88 Å². The number of ether oxygens (including phenoxy) is 2. The molecule has 1 amide bonds. The van der Waals surface area contributed by atoms with Crippen LogP contribution >= 0.6 is 0 Å². The van der Waals surface area contributed by atoms with Crippen molar-refractivity contribution in [3.8, 4) is 11.5 Å². The number of nitrogens with zero attached hydrogens (tertiary/aromatic N) is 3. The number of methoxy groups -OCH3 is 2. The van der Waals surface area contributed by atoms with Gasteiger partial charge in [-0.15, -0.1) is 0 Å². The van der Waals surface area contributed by atoms with Crippen LogP contribution in [0.25, 0.3) is 10.9 Å². The van der Waals surface area contributed by atoms with Crippen LogP contribution in [-0.2, 0) is 4.79 Å². The van der Waals surface area contributed by atoms with Gasteiger partial charge in [0.25, 0.3) is 5.69 Å². The van der Waals surface area contributed by atoms with Crippen molar-refractivity contribution < 1.29 is 19.2 Å². The summed E-state index contributed by atoms with van der Waals surface area (Å²) in [4.78, 5) is 31.6. The molecule has 1 saturated heterocycles. The van der Waals surface area contributed by atoms with E-state index in [9.17, 15) is 14.9 Å². The lowest BCUT2D eigenvalue weighted by Crippen LogP contribution is -2.49. The second-order valence-electron chi connectivity index (χ2n) is 9.27. The number of hydrogen-bond donors (Lipinski definition) is 1. The molecule has 38 heavy (non-hydrogen) atoms. The maximum atomic E-state index is 13.7. The first-order valence-electron chi connectivity index (χ1n) is 12.5. The highest BCUT2D eigenvalue weighted by atomic mass is 16.6. The van der Waals surface area contributed by atoms with Crippen LogP contribution in [0.1, 0.15) is 23.5 Å². The fourth-order valence-corrected chi connectivity index (χ4v) is 5.26. The summed E-state index contributed by atoms with van der Waals surface area (Å²) in [5, 5.41) is 12.0. The van der Waals surface area contributed by atoms with E-state index in [-0.39, 0.29) is 23.9 Å². The van der Waals surface area contributed by atoms with E-state index in [1.54, 1.807) is 26.4 Å². The van der Waals surface area contributed by atoms with Gasteiger partial charge in [-0.2, -0.15) is 0 Å². The van der Waals surface area contributed by atoms with E-state index in [0.717, 1.165) is 27.7 Å². The molecule has 1 unspecified atom stereocenters. The van der Waals surface area contributed by atoms with Crippen LogP contribution in [-0.4, -0.2) is 61.1 Å². The molecule has 9 heteroatoms. The minimum Gasteiger partial charge on any atom is -0.493 e. The average Bonchev–Trinajstić information content (AvgIpc) is 3.39. The molecule has 1 aromatic heterocycles. The smallest absolute Gasteiger partial charge is 0.269 e. The molecule has 0 saturated carbocycles. The largest absolute Gasteiger partial charge is 0.493 e. The maximum Gasteiger partial charge on any atom is 0.269 e. The fourth-order valence-electron chi connectivity index (χ4n) is 5.26. The van der Waals surface area contributed by atoms with Gasteiger partial charge in [-0.1, -0.05) is 30.3 Å². The van der Waals surface area contributed by atoms with Crippen molar-refractivity contribution in [2.24, 2.45) is 0 Å². The Bertz CT molecular complexity index is 1440. The predicted molar refractivity (Wildman–Crippen MR) is 146 cm³/mol. The quantitative estimate of drug-likeness (QED) is 0.263. The standard InChI is InChI=1S/C29H30N4O5/c1-37-27-9-5-7-23(29(27)38-2)24(25-19-30-26-8-4-3-6-22(25)26)18-28(34)32-16-14-31(15-17-32)20-10-12-21(13-11-20)33(35)36/h3-13,19,24,30H,14-18H2,1-2H3. The first kappa shape index (κ1) is 25.1. The van der Waals surface area contributed by atoms with E-state index < -0.39 is 4.92 Å². The normalized spacial score (nSPS) is 14.4. The van der Waals surface area contributed by atoms with Gasteiger partial charge >= 0.3 is 0 Å². The van der Waals surface area contributed by atoms with E-state index in [2.05, 4.69) is 16.0 Å². The Kier molecular flexibility index (Phi) is 7.17. The summed E-state index contributed by atoms with van der Waals surface area (Å²) in [7, 11) is 3.23. The van der Waals surface area contributed by atoms with Gasteiger partial charge in [0, 0.05) is 79.0 Å². The van der Waals surface area contributed by atoms with Crippen LogP contribution in [0, 0.1) is 10.1 Å². The van der Waals surface area contributed by atoms with Crippen molar-refractivity contribution in [3.05, 3.63) is 94.2 Å². The Morgan fingerprint density at radius 2 is 1.68 bits per heavy atom. The van der Waals surface area contributed by atoms with Gasteiger partial charge in [-0.25, -0.2) is 0 Å². The summed E-state index contributed by atoms with van der Waals surface area (Å²) in [6.45, 7) is 2.46. The molecule has 1 aliphatic rings. The number of benzene rings is 3. The third kappa shape index (κ3) is 4.87. The maximum absolute atomic E-state index is 13.7. The number of non-ortho nitro benzene ring substituents is 1. The average molecular weight is 515 g/mol. The number of rotatable bonds is 8. The molecular formula is C29H30N4O5. The molecule has 3 aromatic carbocycles. The molecule has 1 atom stereocenters. The predicted octanol–water partition coefficient (Wildman–Crippen LogP) is 4.96. The van der Waals surface area contributed by atoms with E-state index >= 15 is 0 Å². The topological polar surface area (TPSA) is 101 Å². The number of nitrogens with one attached hydrogen (secondary N) is 1. The van der Waals surface area contributed by atoms with Crippen molar-refractivity contribution in [2.75, 3.05) is 45.3 Å². The SMILES string of the molecule is COc1cccc(C(CC(=O)N2CCN(c3ccc([N+](=O)[O-])cc3)CC2)c2c[nH]c3ccccc23)c1OC. The van der Waals surface area contributed by atoms with Crippen molar-refractivity contribution >= 4 is 28.2 Å². The second kappa shape index (κ2) is 10.8. The molecule has 0 aliphatic carbocycles. The number of nitro benzene ring substituents is 1. The van der Waals surface area contributed by atoms with Crippen LogP contribution in [0.5, 0.6) is 11.5 Å². The molecule has 1 N–H and O–H groups in total. The summed E-state index contributed by atoms with van der Waals surface area (Å²) in [5.41, 5.74) is 3.93. The monoisotopic (exact) mass is 514 g/mol. The molecule has 1 aliphatic heterocycles. The molecule has 196 valence electrons. The van der Waals surface area contributed by atoms with Gasteiger partial charge < -0.3 is 24.3 Å². The van der Waals surface area contributed by atoms with E-state index in [0.29, 0.717) is 37.7 Å². The number of H-pyrrole nitrogens is 1. The molecule has 0 bridgehead atoms. The highest BCUT2D eigenvalue weighted by molar-refractivity contribution is 5.86. The molecule has 9 nitrogen and oxygen atoms in total. The first-order chi connectivity index (χ1) is 18.5. The van der Waals surface area contributed by atoms with Crippen molar-refractivity contribution in [3.63, 3.8) is 0 Å². The van der Waals surface area contributed by atoms with Crippen molar-refractivity contribution in [2.45, 2.75) is 12.3 Å². The first-order valence-corrected chi connectivity index (χ1v) is 12.5. The van der Waals surface area contributed by atoms with Gasteiger partial charge in [0.2, 0.25) is 5.91 Å². The molecule has 1 fully saturated rings. The third-order valence-electron chi connectivity index (χ3n) is 7.24. The Labute approximate surface area is 220 Å². The number of hydrogen-bond acceptors (Lipinski definition) is 6. The number of carbonyl (C=O) groups is 1. The van der Waals surface area contributed by atoms with Crippen LogP contribution in [0.3, 0.4) is 0 Å². The molecule has 5 rings (SSSR count). The summed E-state index contributed by atoms with van der Waals surface area (Å²) < 4.78 is 11.3. The van der Waals surface area contributed by atoms with Crippen molar-refractivity contribution in [1.29, 1.82) is 0 Å². The number of para-hydroxylation sites is 2. The molecule has 4 aromatic rings. The minimum absolute atomic E-state index is 0.0634. The molecular weight excluding hydrogens is 484 g/mol. The number of anilines is 1. The van der Waals surface area contributed by atoms with E-state index in [4.69, 9.17) is 9.47 Å². The fraction of sp³-hybridized carbons (Fsp3) is 0.276. The summed E-state index contributed by atoms with van der Waals surface area (Å²) in [5.74, 6) is 1.07. The number of nitro groups is 1. The number of amides is 1. The Hall–Kier alpha value is -4.53. The van der Waals surface area contributed by atoms with Crippen LogP contribution < -0.4 is 14.4 Å². The second-order valence-corrected chi connectivity index (χ2v) is 9.27. The summed E-state index contributed by atoms with van der Waals surface area (Å²) in [6.07, 6.45) is 2.26. The lowest BCUT2D eigenvalue weighted by molar-refractivity contribution is -0.384. The Morgan fingerprint density at radius 1 is 0.947 bits per heavy atom.